The predicted octanol–water partition coefficient (Wildman–Crippen LogP) is 5.98. The van der Waals surface area contributed by atoms with Gasteiger partial charge in [-0.2, -0.15) is 0 Å². The number of pyridine rings is 1. The fraction of sp³-hybridized carbons (Fsp3) is 0.133. The van der Waals surface area contributed by atoms with Gasteiger partial charge in [-0.1, -0.05) is 18.2 Å². The fourth-order valence-corrected chi connectivity index (χ4v) is 4.50. The lowest BCUT2D eigenvalue weighted by molar-refractivity contribution is -0.131. The van der Waals surface area contributed by atoms with Crippen LogP contribution in [-0.2, 0) is 16.0 Å². The molecule has 2 aromatic heterocycles. The molecule has 0 atom stereocenters. The Balaban J connectivity index is 1.13. The van der Waals surface area contributed by atoms with Gasteiger partial charge in [-0.3, -0.25) is 14.6 Å². The first kappa shape index (κ1) is 23.5. The number of oxazole rings is 1. The SMILES string of the molecule is O=C(Nc1ccc(F)cc1)C1(C(=O)Nc2ccc(Cc3ccnc4cc(-c5ncco5)ccc34)cc2)CC1. The topological polar surface area (TPSA) is 97.1 Å². The molecule has 1 aliphatic carbocycles. The average molecular weight is 507 g/mol. The van der Waals surface area contributed by atoms with E-state index in [1.54, 1.807) is 18.7 Å². The third kappa shape index (κ3) is 4.64. The molecule has 38 heavy (non-hydrogen) atoms. The van der Waals surface area contributed by atoms with Crippen molar-refractivity contribution < 1.29 is 18.4 Å². The number of fused-ring (bicyclic) bond motifs is 1. The number of carbonyl (C=O) groups excluding carboxylic acids is 2. The van der Waals surface area contributed by atoms with Gasteiger partial charge in [-0.15, -0.1) is 0 Å². The van der Waals surface area contributed by atoms with Gasteiger partial charge in [0.25, 0.3) is 0 Å². The van der Waals surface area contributed by atoms with Gasteiger partial charge in [0.05, 0.1) is 11.7 Å². The molecular weight excluding hydrogens is 483 g/mol. The van der Waals surface area contributed by atoms with E-state index < -0.39 is 5.41 Å². The number of hydrogen-bond acceptors (Lipinski definition) is 5. The Labute approximate surface area is 217 Å². The molecule has 1 saturated carbocycles. The Kier molecular flexibility index (Phi) is 5.92. The van der Waals surface area contributed by atoms with Crippen molar-refractivity contribution >= 4 is 34.1 Å². The van der Waals surface area contributed by atoms with Crippen LogP contribution in [0.15, 0.2) is 95.9 Å². The van der Waals surface area contributed by atoms with Gasteiger partial charge >= 0.3 is 0 Å². The molecule has 0 saturated heterocycles. The quantitative estimate of drug-likeness (QED) is 0.265. The zero-order chi connectivity index (χ0) is 26.1. The number of aromatic nitrogens is 2. The normalized spacial score (nSPS) is 13.7. The zero-order valence-corrected chi connectivity index (χ0v) is 20.3. The molecule has 1 fully saturated rings. The number of halogens is 1. The number of nitrogens with zero attached hydrogens (tertiary/aromatic N) is 2. The Bertz CT molecular complexity index is 1630. The van der Waals surface area contributed by atoms with Crippen molar-refractivity contribution in [2.24, 2.45) is 5.41 Å². The molecular formula is C30H23FN4O3. The lowest BCUT2D eigenvalue weighted by Gasteiger charge is -2.16. The minimum atomic E-state index is -1.10. The van der Waals surface area contributed by atoms with E-state index in [9.17, 15) is 14.0 Å². The van der Waals surface area contributed by atoms with E-state index in [0.29, 0.717) is 36.5 Å². The van der Waals surface area contributed by atoms with Crippen LogP contribution in [0.1, 0.15) is 24.0 Å². The maximum atomic E-state index is 13.1. The number of carbonyl (C=O) groups is 2. The van der Waals surface area contributed by atoms with Crippen LogP contribution in [0.3, 0.4) is 0 Å². The number of rotatable bonds is 7. The Morgan fingerprint density at radius 3 is 2.16 bits per heavy atom. The van der Waals surface area contributed by atoms with Crippen LogP contribution in [0.5, 0.6) is 0 Å². The highest BCUT2D eigenvalue weighted by molar-refractivity contribution is 6.16. The third-order valence-corrected chi connectivity index (χ3v) is 6.84. The first-order valence-corrected chi connectivity index (χ1v) is 12.3. The number of nitrogens with one attached hydrogen (secondary N) is 2. The van der Waals surface area contributed by atoms with Crippen LogP contribution in [0.4, 0.5) is 15.8 Å². The van der Waals surface area contributed by atoms with E-state index in [0.717, 1.165) is 27.6 Å². The molecule has 5 aromatic rings. The molecule has 0 unspecified atom stereocenters. The van der Waals surface area contributed by atoms with Crippen LogP contribution < -0.4 is 10.6 Å². The summed E-state index contributed by atoms with van der Waals surface area (Å²) in [5, 5.41) is 6.64. The van der Waals surface area contributed by atoms with Crippen molar-refractivity contribution in [3.05, 3.63) is 108 Å². The van der Waals surface area contributed by atoms with Crippen molar-refractivity contribution in [3.8, 4) is 11.5 Å². The lowest BCUT2D eigenvalue weighted by atomic mass is 10.00. The molecule has 6 rings (SSSR count). The minimum Gasteiger partial charge on any atom is -0.445 e. The molecule has 0 radical (unpaired) electrons. The second kappa shape index (κ2) is 9.55. The van der Waals surface area contributed by atoms with Gasteiger partial charge in [-0.05, 0) is 85.0 Å². The second-order valence-corrected chi connectivity index (χ2v) is 9.41. The first-order valence-electron chi connectivity index (χ1n) is 12.3. The molecule has 2 N–H and O–H groups in total. The van der Waals surface area contributed by atoms with E-state index in [1.807, 2.05) is 48.5 Å². The fourth-order valence-electron chi connectivity index (χ4n) is 4.50. The molecule has 1 aliphatic rings. The van der Waals surface area contributed by atoms with Gasteiger partial charge in [0.1, 0.15) is 17.5 Å². The number of amides is 2. The van der Waals surface area contributed by atoms with E-state index in [-0.39, 0.29) is 17.6 Å². The summed E-state index contributed by atoms with van der Waals surface area (Å²) in [5.41, 5.74) is 3.89. The number of benzene rings is 3. The van der Waals surface area contributed by atoms with Crippen LogP contribution in [0.2, 0.25) is 0 Å². The highest BCUT2D eigenvalue weighted by Gasteiger charge is 2.56. The van der Waals surface area contributed by atoms with E-state index in [1.165, 1.54) is 24.3 Å². The van der Waals surface area contributed by atoms with Crippen molar-refractivity contribution in [2.75, 3.05) is 10.6 Å². The maximum Gasteiger partial charge on any atom is 0.240 e. The largest absolute Gasteiger partial charge is 0.445 e. The molecule has 2 heterocycles. The van der Waals surface area contributed by atoms with Gasteiger partial charge in [0, 0.05) is 28.5 Å². The van der Waals surface area contributed by atoms with E-state index in [2.05, 4.69) is 20.6 Å². The maximum absolute atomic E-state index is 13.1. The van der Waals surface area contributed by atoms with Crippen LogP contribution in [0.25, 0.3) is 22.4 Å². The van der Waals surface area contributed by atoms with Gasteiger partial charge < -0.3 is 15.1 Å². The summed E-state index contributed by atoms with van der Waals surface area (Å²) in [6.07, 6.45) is 6.58. The summed E-state index contributed by atoms with van der Waals surface area (Å²) in [4.78, 5) is 34.5. The van der Waals surface area contributed by atoms with E-state index >= 15 is 0 Å². The first-order chi connectivity index (χ1) is 18.5. The summed E-state index contributed by atoms with van der Waals surface area (Å²) >= 11 is 0. The molecule has 7 nitrogen and oxygen atoms in total. The molecule has 0 spiro atoms. The van der Waals surface area contributed by atoms with Gasteiger partial charge in [-0.25, -0.2) is 9.37 Å². The monoisotopic (exact) mass is 506 g/mol. The molecule has 188 valence electrons. The lowest BCUT2D eigenvalue weighted by Crippen LogP contribution is -2.35. The van der Waals surface area contributed by atoms with Crippen LogP contribution >= 0.6 is 0 Å². The number of anilines is 2. The molecule has 0 bridgehead atoms. The van der Waals surface area contributed by atoms with Crippen LogP contribution in [-0.4, -0.2) is 21.8 Å². The number of hydrogen-bond donors (Lipinski definition) is 2. The van der Waals surface area contributed by atoms with Crippen molar-refractivity contribution in [1.29, 1.82) is 0 Å². The Morgan fingerprint density at radius 1 is 0.842 bits per heavy atom. The average Bonchev–Trinajstić information content (AvgIpc) is 3.57. The predicted molar refractivity (Wildman–Crippen MR) is 142 cm³/mol. The second-order valence-electron chi connectivity index (χ2n) is 9.41. The van der Waals surface area contributed by atoms with E-state index in [4.69, 9.17) is 4.42 Å². The van der Waals surface area contributed by atoms with Crippen molar-refractivity contribution in [3.63, 3.8) is 0 Å². The summed E-state index contributed by atoms with van der Waals surface area (Å²) < 4.78 is 18.5. The van der Waals surface area contributed by atoms with Gasteiger partial charge in [0.15, 0.2) is 0 Å². The molecule has 8 heteroatoms. The highest BCUT2D eigenvalue weighted by Crippen LogP contribution is 2.47. The third-order valence-electron chi connectivity index (χ3n) is 6.84. The highest BCUT2D eigenvalue weighted by atomic mass is 19.1. The standard InChI is InChI=1S/C30H23FN4O3/c31-22-4-8-24(9-5-22)35-29(37)30(12-13-30)28(36)34-23-6-1-19(2-7-23)17-20-11-14-32-26-18-21(3-10-25(20)26)27-33-15-16-38-27/h1-11,14-16,18H,12-13,17H2,(H,34,36)(H,35,37). The summed E-state index contributed by atoms with van der Waals surface area (Å²) in [6, 6.07) is 21.0. The Hall–Kier alpha value is -4.85. The summed E-state index contributed by atoms with van der Waals surface area (Å²) in [7, 11) is 0. The smallest absolute Gasteiger partial charge is 0.240 e. The van der Waals surface area contributed by atoms with Crippen molar-refractivity contribution in [1.82, 2.24) is 9.97 Å². The molecule has 3 aromatic carbocycles. The zero-order valence-electron chi connectivity index (χ0n) is 20.3. The van der Waals surface area contributed by atoms with Gasteiger partial charge in [0.2, 0.25) is 17.7 Å². The summed E-state index contributed by atoms with van der Waals surface area (Å²) in [5.74, 6) is -0.558. The Morgan fingerprint density at radius 2 is 1.53 bits per heavy atom. The van der Waals surface area contributed by atoms with Crippen LogP contribution in [0, 0.1) is 11.2 Å². The summed E-state index contributed by atoms with van der Waals surface area (Å²) in [6.45, 7) is 0. The minimum absolute atomic E-state index is 0.341. The molecule has 0 aliphatic heterocycles. The van der Waals surface area contributed by atoms with Crippen molar-refractivity contribution in [2.45, 2.75) is 19.3 Å². The molecule has 2 amide bonds.